The summed E-state index contributed by atoms with van der Waals surface area (Å²) < 4.78 is 1.93. The van der Waals surface area contributed by atoms with Crippen LogP contribution in [0.3, 0.4) is 0 Å². The van der Waals surface area contributed by atoms with Gasteiger partial charge in [-0.25, -0.2) is 0 Å². The lowest BCUT2D eigenvalue weighted by Gasteiger charge is -2.24. The van der Waals surface area contributed by atoms with Gasteiger partial charge in [0.1, 0.15) is 0 Å². The van der Waals surface area contributed by atoms with Crippen molar-refractivity contribution in [3.05, 3.63) is 65.9 Å². The summed E-state index contributed by atoms with van der Waals surface area (Å²) in [5.74, 6) is 0. The first-order valence-electron chi connectivity index (χ1n) is 7.29. The summed E-state index contributed by atoms with van der Waals surface area (Å²) in [6.45, 7) is 2.10. The first-order chi connectivity index (χ1) is 10.1. The largest absolute Gasteiger partial charge is 0.325 e. The number of nitrogens with zero attached hydrogens (tertiary/aromatic N) is 2. The van der Waals surface area contributed by atoms with Crippen molar-refractivity contribution in [1.82, 2.24) is 9.78 Å². The molecule has 3 rings (SSSR count). The monoisotopic (exact) mass is 279 g/mol. The molecule has 1 unspecified atom stereocenters. The molecule has 3 nitrogen and oxygen atoms in total. The molecule has 2 aromatic carbocycles. The number of fused-ring (bicyclic) bond motifs is 1. The van der Waals surface area contributed by atoms with Gasteiger partial charge in [0.15, 0.2) is 0 Å². The van der Waals surface area contributed by atoms with E-state index in [0.29, 0.717) is 0 Å². The highest BCUT2D eigenvalue weighted by atomic mass is 15.3. The number of hydrogen-bond acceptors (Lipinski definition) is 2. The smallest absolute Gasteiger partial charge is 0.0721 e. The van der Waals surface area contributed by atoms with Crippen LogP contribution in [0.5, 0.6) is 0 Å². The minimum Gasteiger partial charge on any atom is -0.325 e. The molecule has 2 N–H and O–H groups in total. The number of para-hydroxylation sites is 1. The van der Waals surface area contributed by atoms with E-state index in [1.165, 1.54) is 10.9 Å². The molecule has 0 fully saturated rings. The number of benzene rings is 2. The van der Waals surface area contributed by atoms with E-state index >= 15 is 0 Å². The molecule has 3 heteroatoms. The molecule has 108 valence electrons. The fourth-order valence-corrected chi connectivity index (χ4v) is 2.93. The van der Waals surface area contributed by atoms with Crippen LogP contribution in [0.2, 0.25) is 0 Å². The number of rotatable bonds is 4. The maximum atomic E-state index is 6.53. The van der Waals surface area contributed by atoms with Crippen LogP contribution in [0.15, 0.2) is 54.6 Å². The Labute approximate surface area is 125 Å². The quantitative estimate of drug-likeness (QED) is 0.797. The van der Waals surface area contributed by atoms with Crippen molar-refractivity contribution in [1.29, 1.82) is 0 Å². The Morgan fingerprint density at radius 1 is 1.00 bits per heavy atom. The zero-order valence-electron chi connectivity index (χ0n) is 12.6. The summed E-state index contributed by atoms with van der Waals surface area (Å²) in [6, 6.07) is 18.7. The van der Waals surface area contributed by atoms with E-state index in [9.17, 15) is 0 Å². The molecular weight excluding hydrogens is 258 g/mol. The van der Waals surface area contributed by atoms with Crippen molar-refractivity contribution in [2.24, 2.45) is 12.8 Å². The minimum atomic E-state index is -0.307. The third-order valence-corrected chi connectivity index (χ3v) is 3.86. The highest BCUT2D eigenvalue weighted by Gasteiger charge is 2.22. The van der Waals surface area contributed by atoms with Gasteiger partial charge >= 0.3 is 0 Å². The van der Waals surface area contributed by atoms with Gasteiger partial charge in [-0.2, -0.15) is 5.10 Å². The van der Waals surface area contributed by atoms with E-state index in [1.54, 1.807) is 0 Å². The highest BCUT2D eigenvalue weighted by Crippen LogP contribution is 2.22. The summed E-state index contributed by atoms with van der Waals surface area (Å²) in [7, 11) is 1.98. The molecule has 1 aromatic heterocycles. The second-order valence-corrected chi connectivity index (χ2v) is 6.08. The molecule has 0 saturated carbocycles. The third-order valence-electron chi connectivity index (χ3n) is 3.86. The lowest BCUT2D eigenvalue weighted by molar-refractivity contribution is 0.456. The van der Waals surface area contributed by atoms with Gasteiger partial charge in [-0.1, -0.05) is 48.5 Å². The predicted molar refractivity (Wildman–Crippen MR) is 87.2 cm³/mol. The van der Waals surface area contributed by atoms with E-state index in [-0.39, 0.29) is 5.54 Å². The summed E-state index contributed by atoms with van der Waals surface area (Å²) in [5, 5.41) is 5.85. The maximum absolute atomic E-state index is 6.53. The van der Waals surface area contributed by atoms with E-state index in [0.717, 1.165) is 24.1 Å². The van der Waals surface area contributed by atoms with Gasteiger partial charge in [0, 0.05) is 24.4 Å². The Morgan fingerprint density at radius 3 is 2.43 bits per heavy atom. The molecule has 0 aliphatic rings. The molecule has 1 heterocycles. The van der Waals surface area contributed by atoms with E-state index in [1.807, 2.05) is 23.9 Å². The summed E-state index contributed by atoms with van der Waals surface area (Å²) in [4.78, 5) is 0. The van der Waals surface area contributed by atoms with Crippen LogP contribution in [0, 0.1) is 0 Å². The number of aryl methyl sites for hydroxylation is 1. The molecule has 0 bridgehead atoms. The average Bonchev–Trinajstić information content (AvgIpc) is 2.76. The van der Waals surface area contributed by atoms with Gasteiger partial charge in [0.2, 0.25) is 0 Å². The molecule has 21 heavy (non-hydrogen) atoms. The lowest BCUT2D eigenvalue weighted by Crippen LogP contribution is -2.41. The van der Waals surface area contributed by atoms with Crippen molar-refractivity contribution in [2.45, 2.75) is 25.3 Å². The molecular formula is C18H21N3. The van der Waals surface area contributed by atoms with E-state index in [4.69, 9.17) is 5.73 Å². The first kappa shape index (κ1) is 13.8. The Balaban J connectivity index is 1.87. The van der Waals surface area contributed by atoms with Gasteiger partial charge in [-0.3, -0.25) is 4.68 Å². The van der Waals surface area contributed by atoms with Crippen LogP contribution in [0.1, 0.15) is 18.2 Å². The van der Waals surface area contributed by atoms with E-state index in [2.05, 4.69) is 54.5 Å². The number of hydrogen-bond donors (Lipinski definition) is 1. The SMILES string of the molecule is Cn1nc(CC(C)(N)Cc2ccccc2)c2ccccc21. The molecule has 0 amide bonds. The van der Waals surface area contributed by atoms with E-state index < -0.39 is 0 Å². The fourth-order valence-electron chi connectivity index (χ4n) is 2.93. The van der Waals surface area contributed by atoms with Crippen molar-refractivity contribution in [2.75, 3.05) is 0 Å². The topological polar surface area (TPSA) is 43.8 Å². The van der Waals surface area contributed by atoms with Gasteiger partial charge in [-0.05, 0) is 25.0 Å². The molecule has 0 aliphatic heterocycles. The predicted octanol–water partition coefficient (Wildman–Crippen LogP) is 3.08. The Hall–Kier alpha value is -2.13. The van der Waals surface area contributed by atoms with Gasteiger partial charge in [0.05, 0.1) is 11.2 Å². The van der Waals surface area contributed by atoms with Gasteiger partial charge in [0.25, 0.3) is 0 Å². The van der Waals surface area contributed by atoms with Crippen molar-refractivity contribution < 1.29 is 0 Å². The van der Waals surface area contributed by atoms with Crippen molar-refractivity contribution in [3.8, 4) is 0 Å². The Kier molecular flexibility index (Phi) is 3.52. The number of aromatic nitrogens is 2. The van der Waals surface area contributed by atoms with Crippen LogP contribution >= 0.6 is 0 Å². The normalized spacial score (nSPS) is 14.2. The van der Waals surface area contributed by atoms with Gasteiger partial charge in [-0.15, -0.1) is 0 Å². The van der Waals surface area contributed by atoms with Crippen LogP contribution < -0.4 is 5.73 Å². The molecule has 3 aromatic rings. The Bertz CT molecular complexity index is 742. The standard InChI is InChI=1S/C18H21N3/c1-18(19,12-14-8-4-3-5-9-14)13-16-15-10-6-7-11-17(15)21(2)20-16/h3-11H,12-13,19H2,1-2H3. The summed E-state index contributed by atoms with van der Waals surface area (Å²) in [5.41, 5.74) is 9.72. The average molecular weight is 279 g/mol. The van der Waals surface area contributed by atoms with Gasteiger partial charge < -0.3 is 5.73 Å². The second kappa shape index (κ2) is 5.34. The van der Waals surface area contributed by atoms with Crippen LogP contribution in [0.4, 0.5) is 0 Å². The molecule has 0 aliphatic carbocycles. The maximum Gasteiger partial charge on any atom is 0.0721 e. The second-order valence-electron chi connectivity index (χ2n) is 6.08. The van der Waals surface area contributed by atoms with Crippen molar-refractivity contribution in [3.63, 3.8) is 0 Å². The highest BCUT2D eigenvalue weighted by molar-refractivity contribution is 5.81. The van der Waals surface area contributed by atoms with Crippen LogP contribution in [-0.2, 0) is 19.9 Å². The summed E-state index contributed by atoms with van der Waals surface area (Å²) in [6.07, 6.45) is 1.61. The minimum absolute atomic E-state index is 0.307. The zero-order valence-corrected chi connectivity index (χ0v) is 12.6. The zero-order chi connectivity index (χ0) is 14.9. The molecule has 1 atom stereocenters. The summed E-state index contributed by atoms with van der Waals surface area (Å²) >= 11 is 0. The lowest BCUT2D eigenvalue weighted by atomic mass is 9.88. The van der Waals surface area contributed by atoms with Crippen molar-refractivity contribution >= 4 is 10.9 Å². The molecule has 0 radical (unpaired) electrons. The van der Waals surface area contributed by atoms with Crippen LogP contribution in [0.25, 0.3) is 10.9 Å². The fraction of sp³-hybridized carbons (Fsp3) is 0.278. The molecule has 0 saturated heterocycles. The Morgan fingerprint density at radius 2 is 1.67 bits per heavy atom. The third kappa shape index (κ3) is 2.98. The first-order valence-corrected chi connectivity index (χ1v) is 7.29. The molecule has 0 spiro atoms. The number of nitrogens with two attached hydrogens (primary N) is 1. The van der Waals surface area contributed by atoms with Crippen LogP contribution in [-0.4, -0.2) is 15.3 Å².